The molecule has 0 bridgehead atoms. The zero-order valence-corrected chi connectivity index (χ0v) is 13.8. The van der Waals surface area contributed by atoms with Gasteiger partial charge in [-0.3, -0.25) is 4.79 Å². The second-order valence-electron chi connectivity index (χ2n) is 5.92. The minimum absolute atomic E-state index is 0.0467. The van der Waals surface area contributed by atoms with Crippen LogP contribution in [0.15, 0.2) is 30.4 Å². The molecule has 5 heteroatoms. The van der Waals surface area contributed by atoms with Crippen molar-refractivity contribution >= 4 is 23.3 Å². The number of carbonyl (C=O) groups is 2. The van der Waals surface area contributed by atoms with Crippen LogP contribution in [0.5, 0.6) is 0 Å². The highest BCUT2D eigenvalue weighted by molar-refractivity contribution is 5.94. The molecule has 1 aromatic carbocycles. The van der Waals surface area contributed by atoms with Crippen molar-refractivity contribution in [3.05, 3.63) is 35.9 Å². The highest BCUT2D eigenvalue weighted by Crippen LogP contribution is 2.21. The van der Waals surface area contributed by atoms with Crippen LogP contribution in [-0.4, -0.2) is 18.5 Å². The summed E-state index contributed by atoms with van der Waals surface area (Å²) in [5, 5.41) is 8.59. The number of hydrogen-bond donors (Lipinski definition) is 3. The third-order valence-corrected chi connectivity index (χ3v) is 4.02. The van der Waals surface area contributed by atoms with Crippen LogP contribution in [0.4, 0.5) is 16.2 Å². The van der Waals surface area contributed by atoms with Gasteiger partial charge < -0.3 is 16.0 Å². The summed E-state index contributed by atoms with van der Waals surface area (Å²) in [6.07, 6.45) is 8.03. The van der Waals surface area contributed by atoms with Crippen molar-refractivity contribution in [2.24, 2.45) is 5.92 Å². The van der Waals surface area contributed by atoms with Crippen LogP contribution >= 0.6 is 0 Å². The maximum absolute atomic E-state index is 12.1. The van der Waals surface area contributed by atoms with Crippen LogP contribution in [-0.2, 0) is 4.79 Å². The van der Waals surface area contributed by atoms with E-state index in [0.29, 0.717) is 30.3 Å². The van der Waals surface area contributed by atoms with E-state index in [9.17, 15) is 9.59 Å². The molecule has 1 aliphatic carbocycles. The first-order valence-electron chi connectivity index (χ1n) is 8.19. The van der Waals surface area contributed by atoms with Crippen molar-refractivity contribution in [2.45, 2.75) is 39.5 Å². The van der Waals surface area contributed by atoms with Gasteiger partial charge in [0.25, 0.3) is 0 Å². The van der Waals surface area contributed by atoms with Gasteiger partial charge >= 0.3 is 6.03 Å². The number of nitrogens with one attached hydrogen (secondary N) is 3. The standard InChI is InChI=1S/C18H25N3O2/c1-3-17(22)20-15-10-9-13(2)16(11-15)21-18(23)19-12-14-7-5-4-6-8-14/h4-5,9-11,14H,3,6-8,12H2,1-2H3,(H,20,22)(H2,19,21,23)/t14-/m1/s1. The second-order valence-corrected chi connectivity index (χ2v) is 5.92. The first kappa shape index (κ1) is 17.1. The Labute approximate surface area is 137 Å². The third kappa shape index (κ3) is 5.43. The predicted molar refractivity (Wildman–Crippen MR) is 93.6 cm³/mol. The second kappa shape index (κ2) is 8.36. The predicted octanol–water partition coefficient (Wildman–Crippen LogP) is 3.82. The quantitative estimate of drug-likeness (QED) is 0.723. The molecule has 0 radical (unpaired) electrons. The van der Waals surface area contributed by atoms with Crippen LogP contribution in [0.3, 0.4) is 0 Å². The Balaban J connectivity index is 1.90. The van der Waals surface area contributed by atoms with Crippen molar-refractivity contribution < 1.29 is 9.59 Å². The highest BCUT2D eigenvalue weighted by Gasteiger charge is 2.12. The number of rotatable bonds is 5. The van der Waals surface area contributed by atoms with Gasteiger partial charge in [-0.2, -0.15) is 0 Å². The number of anilines is 2. The molecule has 1 atom stereocenters. The maximum Gasteiger partial charge on any atom is 0.319 e. The number of aryl methyl sites for hydroxylation is 1. The number of hydrogen-bond acceptors (Lipinski definition) is 2. The van der Waals surface area contributed by atoms with E-state index >= 15 is 0 Å². The lowest BCUT2D eigenvalue weighted by Crippen LogP contribution is -2.33. The van der Waals surface area contributed by atoms with E-state index in [0.717, 1.165) is 24.8 Å². The largest absolute Gasteiger partial charge is 0.338 e. The molecule has 2 rings (SSSR count). The Kier molecular flexibility index (Phi) is 6.20. The van der Waals surface area contributed by atoms with E-state index in [4.69, 9.17) is 0 Å². The summed E-state index contributed by atoms with van der Waals surface area (Å²) in [6, 6.07) is 5.29. The zero-order chi connectivity index (χ0) is 16.7. The minimum Gasteiger partial charge on any atom is -0.338 e. The summed E-state index contributed by atoms with van der Waals surface area (Å²) in [6.45, 7) is 4.41. The van der Waals surface area contributed by atoms with Gasteiger partial charge in [0, 0.05) is 24.3 Å². The molecular formula is C18H25N3O2. The SMILES string of the molecule is CCC(=O)Nc1ccc(C)c(NC(=O)NC[C@@H]2CC=CCC2)c1. The molecule has 3 N–H and O–H groups in total. The average molecular weight is 315 g/mol. The molecule has 0 unspecified atom stereocenters. The fraction of sp³-hybridized carbons (Fsp3) is 0.444. The smallest absolute Gasteiger partial charge is 0.319 e. The fourth-order valence-corrected chi connectivity index (χ4v) is 2.53. The zero-order valence-electron chi connectivity index (χ0n) is 13.8. The molecule has 0 saturated heterocycles. The normalized spacial score (nSPS) is 16.7. The maximum atomic E-state index is 12.1. The average Bonchev–Trinajstić information content (AvgIpc) is 2.57. The van der Waals surface area contributed by atoms with E-state index in [1.54, 1.807) is 13.0 Å². The van der Waals surface area contributed by atoms with Crippen molar-refractivity contribution in [1.29, 1.82) is 0 Å². The molecule has 0 spiro atoms. The Morgan fingerprint density at radius 2 is 2.04 bits per heavy atom. The van der Waals surface area contributed by atoms with Gasteiger partial charge in [0.05, 0.1) is 0 Å². The van der Waals surface area contributed by atoms with E-state index in [1.165, 1.54) is 0 Å². The van der Waals surface area contributed by atoms with Crippen LogP contribution < -0.4 is 16.0 Å². The summed E-state index contributed by atoms with van der Waals surface area (Å²) in [7, 11) is 0. The molecular weight excluding hydrogens is 290 g/mol. The molecule has 0 fully saturated rings. The number of urea groups is 1. The van der Waals surface area contributed by atoms with Crippen LogP contribution in [0.2, 0.25) is 0 Å². The first-order chi connectivity index (χ1) is 11.1. The van der Waals surface area contributed by atoms with Crippen LogP contribution in [0.1, 0.15) is 38.2 Å². The summed E-state index contributed by atoms with van der Waals surface area (Å²) in [5.41, 5.74) is 2.35. The number of allylic oxidation sites excluding steroid dienone is 2. The van der Waals surface area contributed by atoms with E-state index in [2.05, 4.69) is 28.1 Å². The third-order valence-electron chi connectivity index (χ3n) is 4.02. The van der Waals surface area contributed by atoms with E-state index in [1.807, 2.05) is 19.1 Å². The molecule has 0 aromatic heterocycles. The lowest BCUT2D eigenvalue weighted by atomic mass is 9.94. The molecule has 0 saturated carbocycles. The van der Waals surface area contributed by atoms with Crippen LogP contribution in [0.25, 0.3) is 0 Å². The fourth-order valence-electron chi connectivity index (χ4n) is 2.53. The Morgan fingerprint density at radius 3 is 2.74 bits per heavy atom. The monoisotopic (exact) mass is 315 g/mol. The van der Waals surface area contributed by atoms with Gasteiger partial charge in [-0.05, 0) is 49.8 Å². The molecule has 0 heterocycles. The Bertz CT molecular complexity index is 596. The van der Waals surface area contributed by atoms with Crippen molar-refractivity contribution in [1.82, 2.24) is 5.32 Å². The lowest BCUT2D eigenvalue weighted by Gasteiger charge is -2.18. The van der Waals surface area contributed by atoms with Crippen molar-refractivity contribution in [3.63, 3.8) is 0 Å². The molecule has 0 aliphatic heterocycles. The van der Waals surface area contributed by atoms with Crippen molar-refractivity contribution in [3.8, 4) is 0 Å². The molecule has 124 valence electrons. The van der Waals surface area contributed by atoms with Gasteiger partial charge in [-0.15, -0.1) is 0 Å². The van der Waals surface area contributed by atoms with Crippen LogP contribution in [0, 0.1) is 12.8 Å². The summed E-state index contributed by atoms with van der Waals surface area (Å²) < 4.78 is 0. The topological polar surface area (TPSA) is 70.2 Å². The Hall–Kier alpha value is -2.30. The molecule has 1 aromatic rings. The van der Waals surface area contributed by atoms with Gasteiger partial charge in [-0.1, -0.05) is 25.1 Å². The van der Waals surface area contributed by atoms with Gasteiger partial charge in [0.2, 0.25) is 5.91 Å². The van der Waals surface area contributed by atoms with E-state index in [-0.39, 0.29) is 11.9 Å². The molecule has 23 heavy (non-hydrogen) atoms. The highest BCUT2D eigenvalue weighted by atomic mass is 16.2. The lowest BCUT2D eigenvalue weighted by molar-refractivity contribution is -0.115. The first-order valence-corrected chi connectivity index (χ1v) is 8.19. The summed E-state index contributed by atoms with van der Waals surface area (Å²) in [4.78, 5) is 23.5. The van der Waals surface area contributed by atoms with Crippen molar-refractivity contribution in [2.75, 3.05) is 17.2 Å². The van der Waals surface area contributed by atoms with Gasteiger partial charge in [0.1, 0.15) is 0 Å². The number of benzene rings is 1. The minimum atomic E-state index is -0.207. The van der Waals surface area contributed by atoms with Gasteiger partial charge in [0.15, 0.2) is 0 Å². The molecule has 3 amide bonds. The Morgan fingerprint density at radius 1 is 1.22 bits per heavy atom. The molecule has 1 aliphatic rings. The number of amides is 3. The summed E-state index contributed by atoms with van der Waals surface area (Å²) in [5.74, 6) is 0.469. The number of carbonyl (C=O) groups excluding carboxylic acids is 2. The van der Waals surface area contributed by atoms with Gasteiger partial charge in [-0.25, -0.2) is 4.79 Å². The molecule has 5 nitrogen and oxygen atoms in total. The van der Waals surface area contributed by atoms with E-state index < -0.39 is 0 Å². The summed E-state index contributed by atoms with van der Waals surface area (Å²) >= 11 is 0.